The Labute approximate surface area is 306 Å². The van der Waals surface area contributed by atoms with E-state index in [1.54, 1.807) is 0 Å². The molecule has 4 heterocycles. The van der Waals surface area contributed by atoms with E-state index in [9.17, 15) is 0 Å². The average molecular weight is 694 g/mol. The van der Waals surface area contributed by atoms with Crippen LogP contribution in [-0.4, -0.2) is 14.5 Å². The van der Waals surface area contributed by atoms with E-state index < -0.39 is 0 Å². The van der Waals surface area contributed by atoms with Gasteiger partial charge in [-0.05, 0) is 41.8 Å². The first-order valence-electron chi connectivity index (χ1n) is 17.8. The first-order chi connectivity index (χ1) is 26.3. The van der Waals surface area contributed by atoms with Crippen molar-refractivity contribution in [1.82, 2.24) is 14.5 Å². The number of para-hydroxylation sites is 2. The van der Waals surface area contributed by atoms with Crippen LogP contribution >= 0.6 is 11.3 Å². The molecule has 0 atom stereocenters. The Hall–Kier alpha value is -6.82. The van der Waals surface area contributed by atoms with Crippen LogP contribution in [-0.2, 0) is 0 Å². The van der Waals surface area contributed by atoms with E-state index >= 15 is 0 Å². The van der Waals surface area contributed by atoms with Crippen LogP contribution in [0.3, 0.4) is 0 Å². The first-order valence-corrected chi connectivity index (χ1v) is 18.7. The molecule has 0 amide bonds. The molecule has 246 valence electrons. The topological polar surface area (TPSA) is 43.9 Å². The Kier molecular flexibility index (Phi) is 5.90. The third kappa shape index (κ3) is 4.05. The van der Waals surface area contributed by atoms with Gasteiger partial charge in [-0.25, -0.2) is 9.97 Å². The third-order valence-electron chi connectivity index (χ3n) is 10.7. The molecule has 53 heavy (non-hydrogen) atoms. The van der Waals surface area contributed by atoms with Gasteiger partial charge >= 0.3 is 0 Å². The lowest BCUT2D eigenvalue weighted by Crippen LogP contribution is -1.97. The highest BCUT2D eigenvalue weighted by Crippen LogP contribution is 2.50. The zero-order valence-corrected chi connectivity index (χ0v) is 29.1. The van der Waals surface area contributed by atoms with Gasteiger partial charge in [0.05, 0.1) is 38.2 Å². The van der Waals surface area contributed by atoms with Crippen LogP contribution in [0.4, 0.5) is 0 Å². The maximum atomic E-state index is 6.77. The standard InChI is InChI=1S/C48H27N3OS/c1-3-13-28(14-4-1)43-44(29-15-5-2-6-16-29)50-45-32-25-24-31(27-30(32)23-26-36(45)49-43)51-37-20-10-7-17-33(37)40-41-34-18-8-11-21-38(34)52-47(41)42-35-19-9-12-22-39(35)53-48(42)46(40)51/h1-27H. The fourth-order valence-electron chi connectivity index (χ4n) is 8.45. The summed E-state index contributed by atoms with van der Waals surface area (Å²) in [7, 11) is 0. The molecule has 12 rings (SSSR count). The van der Waals surface area contributed by atoms with Gasteiger partial charge in [0.15, 0.2) is 0 Å². The Bertz CT molecular complexity index is 3450. The maximum absolute atomic E-state index is 6.77. The van der Waals surface area contributed by atoms with Gasteiger partial charge in [-0.2, -0.15) is 0 Å². The average Bonchev–Trinajstić information content (AvgIpc) is 3.91. The van der Waals surface area contributed by atoms with Crippen LogP contribution in [0, 0.1) is 0 Å². The molecular formula is C48H27N3OS. The number of hydrogen-bond donors (Lipinski definition) is 0. The Morgan fingerprint density at radius 1 is 0.509 bits per heavy atom. The molecule has 0 spiro atoms. The molecule has 4 nitrogen and oxygen atoms in total. The molecule has 0 aliphatic rings. The molecule has 0 N–H and O–H groups in total. The van der Waals surface area contributed by atoms with Gasteiger partial charge in [0.1, 0.15) is 11.2 Å². The molecule has 0 unspecified atom stereocenters. The second-order valence-electron chi connectivity index (χ2n) is 13.7. The van der Waals surface area contributed by atoms with Crippen LogP contribution in [0.5, 0.6) is 0 Å². The minimum absolute atomic E-state index is 0.877. The minimum Gasteiger partial charge on any atom is -0.455 e. The molecule has 0 saturated heterocycles. The third-order valence-corrected chi connectivity index (χ3v) is 11.9. The summed E-state index contributed by atoms with van der Waals surface area (Å²) in [6.07, 6.45) is 0. The summed E-state index contributed by atoms with van der Waals surface area (Å²) in [6, 6.07) is 57.8. The van der Waals surface area contributed by atoms with Crippen molar-refractivity contribution in [2.45, 2.75) is 0 Å². The summed E-state index contributed by atoms with van der Waals surface area (Å²) in [4.78, 5) is 10.6. The number of aromatic nitrogens is 3. The van der Waals surface area contributed by atoms with Crippen molar-refractivity contribution in [2.75, 3.05) is 0 Å². The summed E-state index contributed by atoms with van der Waals surface area (Å²) < 4.78 is 11.7. The monoisotopic (exact) mass is 693 g/mol. The molecule has 0 fully saturated rings. The van der Waals surface area contributed by atoms with Crippen molar-refractivity contribution < 1.29 is 4.42 Å². The van der Waals surface area contributed by atoms with E-state index in [1.807, 2.05) is 23.5 Å². The number of hydrogen-bond acceptors (Lipinski definition) is 4. The number of fused-ring (bicyclic) bond motifs is 15. The molecule has 0 aliphatic carbocycles. The largest absolute Gasteiger partial charge is 0.455 e. The molecular weight excluding hydrogens is 667 g/mol. The quantitative estimate of drug-likeness (QED) is 0.173. The molecule has 4 aromatic heterocycles. The predicted octanol–water partition coefficient (Wildman–Crippen LogP) is 13.5. The molecule has 0 bridgehead atoms. The molecule has 0 saturated carbocycles. The van der Waals surface area contributed by atoms with Gasteiger partial charge in [-0.1, -0.05) is 127 Å². The van der Waals surface area contributed by atoms with Crippen molar-refractivity contribution in [3.05, 3.63) is 164 Å². The SMILES string of the molecule is c1ccc(-c2nc3ccc4cc(-n5c6ccccc6c6c7c8ccccc8oc7c7c8ccccc8sc7c65)ccc4c3nc2-c2ccccc2)cc1. The van der Waals surface area contributed by atoms with Gasteiger partial charge in [0, 0.05) is 59.2 Å². The van der Waals surface area contributed by atoms with Crippen molar-refractivity contribution in [3.8, 4) is 28.2 Å². The van der Waals surface area contributed by atoms with Crippen LogP contribution in [0.15, 0.2) is 168 Å². The van der Waals surface area contributed by atoms with E-state index in [0.29, 0.717) is 0 Å². The maximum Gasteiger partial charge on any atom is 0.145 e. The molecule has 0 aliphatic heterocycles. The van der Waals surface area contributed by atoms with Crippen molar-refractivity contribution in [1.29, 1.82) is 0 Å². The van der Waals surface area contributed by atoms with Gasteiger partial charge in [0.2, 0.25) is 0 Å². The Morgan fingerprint density at radius 2 is 1.19 bits per heavy atom. The normalized spacial score (nSPS) is 12.2. The Balaban J connectivity index is 1.18. The lowest BCUT2D eigenvalue weighted by molar-refractivity contribution is 0.673. The lowest BCUT2D eigenvalue weighted by atomic mass is 10.0. The second kappa shape index (κ2) is 10.8. The second-order valence-corrected chi connectivity index (χ2v) is 14.7. The van der Waals surface area contributed by atoms with Crippen LogP contribution in [0.25, 0.3) is 114 Å². The Morgan fingerprint density at radius 3 is 2.00 bits per heavy atom. The highest BCUT2D eigenvalue weighted by molar-refractivity contribution is 7.27. The molecule has 0 radical (unpaired) electrons. The van der Waals surface area contributed by atoms with Crippen molar-refractivity contribution in [3.63, 3.8) is 0 Å². The summed E-state index contributed by atoms with van der Waals surface area (Å²) in [5, 5.41) is 9.34. The number of benzene rings is 8. The van der Waals surface area contributed by atoms with E-state index in [2.05, 4.69) is 156 Å². The smallest absolute Gasteiger partial charge is 0.145 e. The van der Waals surface area contributed by atoms with E-state index in [4.69, 9.17) is 14.4 Å². The zero-order valence-electron chi connectivity index (χ0n) is 28.2. The van der Waals surface area contributed by atoms with Crippen LogP contribution < -0.4 is 0 Å². The van der Waals surface area contributed by atoms with Crippen molar-refractivity contribution in [2.24, 2.45) is 0 Å². The first kappa shape index (κ1) is 28.8. The van der Waals surface area contributed by atoms with Gasteiger partial charge in [-0.15, -0.1) is 11.3 Å². The number of thiophene rings is 1. The van der Waals surface area contributed by atoms with Crippen LogP contribution in [0.2, 0.25) is 0 Å². The van der Waals surface area contributed by atoms with Gasteiger partial charge < -0.3 is 8.98 Å². The summed E-state index contributed by atoms with van der Waals surface area (Å²) in [5.74, 6) is 0. The highest BCUT2D eigenvalue weighted by Gasteiger charge is 2.25. The lowest BCUT2D eigenvalue weighted by Gasteiger charge is -2.13. The molecule has 8 aromatic carbocycles. The number of nitrogens with zero attached hydrogens (tertiary/aromatic N) is 3. The fourth-order valence-corrected chi connectivity index (χ4v) is 9.69. The number of furan rings is 1. The molecule has 12 aromatic rings. The summed E-state index contributed by atoms with van der Waals surface area (Å²) in [6.45, 7) is 0. The minimum atomic E-state index is 0.877. The van der Waals surface area contributed by atoms with E-state index in [1.165, 1.54) is 41.8 Å². The van der Waals surface area contributed by atoms with Gasteiger partial charge in [0.25, 0.3) is 0 Å². The zero-order chi connectivity index (χ0) is 34.6. The van der Waals surface area contributed by atoms with Crippen molar-refractivity contribution >= 4 is 97.1 Å². The summed E-state index contributed by atoms with van der Waals surface area (Å²) >= 11 is 1.85. The van der Waals surface area contributed by atoms with Crippen LogP contribution in [0.1, 0.15) is 0 Å². The summed E-state index contributed by atoms with van der Waals surface area (Å²) in [5.41, 5.74) is 11.0. The highest BCUT2D eigenvalue weighted by atomic mass is 32.1. The van der Waals surface area contributed by atoms with E-state index in [0.717, 1.165) is 72.1 Å². The predicted molar refractivity (Wildman–Crippen MR) is 222 cm³/mol. The van der Waals surface area contributed by atoms with E-state index in [-0.39, 0.29) is 0 Å². The number of rotatable bonds is 3. The fraction of sp³-hybridized carbons (Fsp3) is 0. The van der Waals surface area contributed by atoms with Gasteiger partial charge in [-0.3, -0.25) is 0 Å². The molecule has 5 heteroatoms.